The molecule has 0 aromatic carbocycles. The van der Waals surface area contributed by atoms with Crippen LogP contribution in [0.2, 0.25) is 0 Å². The molecule has 1 aliphatic heterocycles. The van der Waals surface area contributed by atoms with Crippen LogP contribution in [0, 0.1) is 0 Å². The van der Waals surface area contributed by atoms with Gasteiger partial charge < -0.3 is 11.1 Å². The van der Waals surface area contributed by atoms with Crippen LogP contribution < -0.4 is 11.1 Å². The second kappa shape index (κ2) is 7.14. The quantitative estimate of drug-likeness (QED) is 0.767. The summed E-state index contributed by atoms with van der Waals surface area (Å²) in [7, 11) is 0. The lowest BCUT2D eigenvalue weighted by molar-refractivity contribution is -0.121. The first-order valence-corrected chi connectivity index (χ1v) is 8.85. The largest absolute Gasteiger partial charge is 0.366 e. The Morgan fingerprint density at radius 3 is 2.83 bits per heavy atom. The van der Waals surface area contributed by atoms with E-state index in [9.17, 15) is 9.59 Å². The molecule has 0 aliphatic carbocycles. The molecule has 2 aromatic rings. The van der Waals surface area contributed by atoms with Gasteiger partial charge in [-0.05, 0) is 55.8 Å². The Labute approximate surface area is 144 Å². The van der Waals surface area contributed by atoms with E-state index in [-0.39, 0.29) is 11.9 Å². The van der Waals surface area contributed by atoms with Gasteiger partial charge in [0.05, 0.1) is 17.8 Å². The molecule has 128 valence electrons. The molecule has 2 amide bonds. The van der Waals surface area contributed by atoms with Crippen LogP contribution in [0.5, 0.6) is 0 Å². The van der Waals surface area contributed by atoms with E-state index in [0.717, 1.165) is 25.9 Å². The van der Waals surface area contributed by atoms with E-state index in [1.54, 1.807) is 11.4 Å². The fraction of sp³-hybridized carbons (Fsp3) is 0.438. The molecule has 0 unspecified atom stereocenters. The molecule has 1 atom stereocenters. The zero-order valence-corrected chi connectivity index (χ0v) is 14.3. The number of likely N-dealkylation sites (tertiary alicyclic amines) is 1. The average molecular weight is 347 g/mol. The van der Waals surface area contributed by atoms with Gasteiger partial charge in [-0.3, -0.25) is 19.6 Å². The molecule has 7 nitrogen and oxygen atoms in total. The summed E-state index contributed by atoms with van der Waals surface area (Å²) in [5, 5.41) is 12.0. The van der Waals surface area contributed by atoms with Crippen molar-refractivity contribution in [2.75, 3.05) is 18.4 Å². The zero-order chi connectivity index (χ0) is 17.1. The number of amides is 2. The Morgan fingerprint density at radius 1 is 1.46 bits per heavy atom. The predicted octanol–water partition coefficient (Wildman–Crippen LogP) is 1.78. The fourth-order valence-electron chi connectivity index (χ4n) is 3.09. The molecule has 1 saturated heterocycles. The van der Waals surface area contributed by atoms with E-state index in [0.29, 0.717) is 16.5 Å². The van der Waals surface area contributed by atoms with Gasteiger partial charge in [-0.25, -0.2) is 0 Å². The summed E-state index contributed by atoms with van der Waals surface area (Å²) in [5.74, 6) is -0.143. The van der Waals surface area contributed by atoms with E-state index in [1.165, 1.54) is 16.9 Å². The Hall–Kier alpha value is -2.19. The number of piperidine rings is 1. The zero-order valence-electron chi connectivity index (χ0n) is 13.5. The number of carbonyl (C=O) groups excluding carboxylic acids is 2. The molecule has 0 spiro atoms. The molecular formula is C16H21N5O2S. The average Bonchev–Trinajstić information content (AvgIpc) is 3.26. The van der Waals surface area contributed by atoms with Crippen molar-refractivity contribution in [1.82, 2.24) is 15.1 Å². The lowest BCUT2D eigenvalue weighted by Gasteiger charge is -2.35. The third-order valence-corrected chi connectivity index (χ3v) is 5.44. The Kier molecular flexibility index (Phi) is 4.96. The molecule has 0 bridgehead atoms. The van der Waals surface area contributed by atoms with Gasteiger partial charge in [0.2, 0.25) is 5.91 Å². The third kappa shape index (κ3) is 3.49. The van der Waals surface area contributed by atoms with Gasteiger partial charge in [0.1, 0.15) is 5.00 Å². The van der Waals surface area contributed by atoms with Crippen LogP contribution in [0.4, 0.5) is 5.00 Å². The number of aromatic amines is 1. The highest BCUT2D eigenvalue weighted by Gasteiger charge is 2.28. The third-order valence-electron chi connectivity index (χ3n) is 4.61. The van der Waals surface area contributed by atoms with E-state index in [1.807, 2.05) is 19.3 Å². The van der Waals surface area contributed by atoms with Gasteiger partial charge >= 0.3 is 0 Å². The molecule has 1 aliphatic rings. The summed E-state index contributed by atoms with van der Waals surface area (Å²) in [6, 6.07) is 1.38. The molecule has 4 N–H and O–H groups in total. The SMILES string of the molecule is C[C@@H](C(=O)Nc1sccc1C(N)=O)N1CCC(c2cn[nH]c2)CC1. The molecule has 0 saturated carbocycles. The minimum Gasteiger partial charge on any atom is -0.366 e. The number of primary amides is 1. The van der Waals surface area contributed by atoms with Gasteiger partial charge in [0.15, 0.2) is 0 Å². The minimum atomic E-state index is -0.528. The highest BCUT2D eigenvalue weighted by Crippen LogP contribution is 2.28. The van der Waals surface area contributed by atoms with Crippen LogP contribution in [0.15, 0.2) is 23.8 Å². The van der Waals surface area contributed by atoms with E-state index < -0.39 is 5.91 Å². The second-order valence-electron chi connectivity index (χ2n) is 6.03. The number of nitrogens with two attached hydrogens (primary N) is 1. The van der Waals surface area contributed by atoms with Crippen molar-refractivity contribution in [3.63, 3.8) is 0 Å². The van der Waals surface area contributed by atoms with Gasteiger partial charge in [-0.2, -0.15) is 5.10 Å². The monoisotopic (exact) mass is 347 g/mol. The first-order valence-electron chi connectivity index (χ1n) is 7.97. The van der Waals surface area contributed by atoms with Crippen molar-refractivity contribution in [2.24, 2.45) is 5.73 Å². The molecule has 24 heavy (non-hydrogen) atoms. The van der Waals surface area contributed by atoms with E-state index in [4.69, 9.17) is 5.73 Å². The van der Waals surface area contributed by atoms with Crippen molar-refractivity contribution in [3.8, 4) is 0 Å². The van der Waals surface area contributed by atoms with Crippen LogP contribution in [0.1, 0.15) is 41.6 Å². The summed E-state index contributed by atoms with van der Waals surface area (Å²) in [4.78, 5) is 26.0. The summed E-state index contributed by atoms with van der Waals surface area (Å²) in [5.41, 5.74) is 6.91. The molecule has 1 fully saturated rings. The van der Waals surface area contributed by atoms with Crippen LogP contribution in [-0.2, 0) is 4.79 Å². The number of anilines is 1. The molecule has 3 heterocycles. The number of carbonyl (C=O) groups is 2. The lowest BCUT2D eigenvalue weighted by Crippen LogP contribution is -2.45. The maximum absolute atomic E-state index is 12.5. The maximum atomic E-state index is 12.5. The van der Waals surface area contributed by atoms with Gasteiger partial charge in [-0.15, -0.1) is 11.3 Å². The highest BCUT2D eigenvalue weighted by molar-refractivity contribution is 7.14. The maximum Gasteiger partial charge on any atom is 0.251 e. The van der Waals surface area contributed by atoms with Crippen LogP contribution in [0.3, 0.4) is 0 Å². The summed E-state index contributed by atoms with van der Waals surface area (Å²) in [6.45, 7) is 3.61. The second-order valence-corrected chi connectivity index (χ2v) is 6.95. The van der Waals surface area contributed by atoms with Gasteiger partial charge in [-0.1, -0.05) is 0 Å². The molecule has 3 rings (SSSR count). The lowest BCUT2D eigenvalue weighted by atomic mass is 9.91. The summed E-state index contributed by atoms with van der Waals surface area (Å²) < 4.78 is 0. The number of H-pyrrole nitrogens is 1. The summed E-state index contributed by atoms with van der Waals surface area (Å²) >= 11 is 1.31. The van der Waals surface area contributed by atoms with Crippen molar-refractivity contribution in [2.45, 2.75) is 31.7 Å². The first kappa shape index (κ1) is 16.7. The van der Waals surface area contributed by atoms with Gasteiger partial charge in [0, 0.05) is 6.20 Å². The molecular weight excluding hydrogens is 326 g/mol. The van der Waals surface area contributed by atoms with Crippen molar-refractivity contribution >= 4 is 28.2 Å². The Balaban J connectivity index is 1.56. The van der Waals surface area contributed by atoms with E-state index in [2.05, 4.69) is 20.4 Å². The highest BCUT2D eigenvalue weighted by atomic mass is 32.1. The standard InChI is InChI=1S/C16H21N5O2S/c1-10(15(23)20-16-13(14(17)22)4-7-24-16)21-5-2-11(3-6-21)12-8-18-19-9-12/h4,7-11H,2-3,5-6H2,1H3,(H2,17,22)(H,18,19)(H,20,23)/t10-/m0/s1. The minimum absolute atomic E-state index is 0.110. The van der Waals surface area contributed by atoms with Crippen molar-refractivity contribution in [3.05, 3.63) is 35.0 Å². The van der Waals surface area contributed by atoms with Crippen molar-refractivity contribution < 1.29 is 9.59 Å². The van der Waals surface area contributed by atoms with E-state index >= 15 is 0 Å². The summed E-state index contributed by atoms with van der Waals surface area (Å²) in [6.07, 6.45) is 5.82. The Morgan fingerprint density at radius 2 is 2.21 bits per heavy atom. The smallest absolute Gasteiger partial charge is 0.251 e. The number of hydrogen-bond donors (Lipinski definition) is 3. The predicted molar refractivity (Wildman–Crippen MR) is 93.1 cm³/mol. The van der Waals surface area contributed by atoms with Crippen LogP contribution in [-0.4, -0.2) is 46.0 Å². The number of rotatable bonds is 5. The molecule has 0 radical (unpaired) electrons. The fourth-order valence-corrected chi connectivity index (χ4v) is 3.88. The van der Waals surface area contributed by atoms with Crippen LogP contribution >= 0.6 is 11.3 Å². The molecule has 8 heteroatoms. The normalized spacial score (nSPS) is 17.5. The van der Waals surface area contributed by atoms with Crippen molar-refractivity contribution in [1.29, 1.82) is 0 Å². The van der Waals surface area contributed by atoms with Gasteiger partial charge in [0.25, 0.3) is 5.91 Å². The number of aromatic nitrogens is 2. The van der Waals surface area contributed by atoms with Crippen LogP contribution in [0.25, 0.3) is 0 Å². The number of hydrogen-bond acceptors (Lipinski definition) is 5. The topological polar surface area (TPSA) is 104 Å². The number of nitrogens with one attached hydrogen (secondary N) is 2. The Bertz CT molecular complexity index is 704. The molecule has 2 aromatic heterocycles. The number of thiophene rings is 1. The number of nitrogens with zero attached hydrogens (tertiary/aromatic N) is 2. The first-order chi connectivity index (χ1) is 11.6.